The first kappa shape index (κ1) is 14.8. The highest BCUT2D eigenvalue weighted by Crippen LogP contribution is 2.21. The van der Waals surface area contributed by atoms with Crippen LogP contribution in [0.15, 0.2) is 42.5 Å². The summed E-state index contributed by atoms with van der Waals surface area (Å²) in [5.74, 6) is -0.331. The van der Waals surface area contributed by atoms with E-state index in [1.165, 1.54) is 0 Å². The van der Waals surface area contributed by atoms with Crippen LogP contribution >= 0.6 is 0 Å². The van der Waals surface area contributed by atoms with Gasteiger partial charge in [-0.2, -0.15) is 0 Å². The van der Waals surface area contributed by atoms with Crippen LogP contribution in [0.5, 0.6) is 0 Å². The maximum absolute atomic E-state index is 11.6. The predicted molar refractivity (Wildman–Crippen MR) is 70.7 cm³/mol. The Morgan fingerprint density at radius 1 is 1.32 bits per heavy atom. The van der Waals surface area contributed by atoms with Gasteiger partial charge in [0.25, 0.3) is 0 Å². The van der Waals surface area contributed by atoms with E-state index in [-0.39, 0.29) is 5.91 Å². The van der Waals surface area contributed by atoms with Crippen molar-refractivity contribution in [2.75, 3.05) is 0 Å². The zero-order valence-corrected chi connectivity index (χ0v) is 10.9. The standard InChI is InChI=1S/C14H17NO4/c1-9(2)13(16)15-10(3)12(19-14(17)18)11-7-5-4-6-8-11/h4-8,10,12H,1H2,2-3H3,(H,15,16)(H,17,18). The molecule has 0 heterocycles. The Morgan fingerprint density at radius 3 is 2.37 bits per heavy atom. The van der Waals surface area contributed by atoms with Crippen molar-refractivity contribution in [1.29, 1.82) is 0 Å². The van der Waals surface area contributed by atoms with Crippen LogP contribution in [0, 0.1) is 0 Å². The molecule has 5 heteroatoms. The highest BCUT2D eigenvalue weighted by atomic mass is 16.7. The SMILES string of the molecule is C=C(C)C(=O)NC(C)C(OC(=O)O)c1ccccc1. The van der Waals surface area contributed by atoms with E-state index in [1.54, 1.807) is 38.1 Å². The Bertz CT molecular complexity index is 470. The second-order valence-electron chi connectivity index (χ2n) is 4.26. The third-order valence-corrected chi connectivity index (χ3v) is 2.56. The average Bonchev–Trinajstić information content (AvgIpc) is 2.36. The molecular weight excluding hydrogens is 246 g/mol. The molecule has 2 atom stereocenters. The van der Waals surface area contributed by atoms with E-state index in [0.29, 0.717) is 11.1 Å². The molecule has 0 spiro atoms. The predicted octanol–water partition coefficient (Wildman–Crippen LogP) is 2.50. The molecule has 0 saturated heterocycles. The summed E-state index contributed by atoms with van der Waals surface area (Å²) in [6.45, 7) is 6.79. The van der Waals surface area contributed by atoms with Gasteiger partial charge in [0.1, 0.15) is 0 Å². The number of nitrogens with one attached hydrogen (secondary N) is 1. The van der Waals surface area contributed by atoms with Gasteiger partial charge in [-0.1, -0.05) is 36.9 Å². The number of benzene rings is 1. The number of carbonyl (C=O) groups excluding carboxylic acids is 1. The quantitative estimate of drug-likeness (QED) is 0.632. The summed E-state index contributed by atoms with van der Waals surface area (Å²) >= 11 is 0. The van der Waals surface area contributed by atoms with Crippen LogP contribution in [-0.2, 0) is 9.53 Å². The fraction of sp³-hybridized carbons (Fsp3) is 0.286. The first-order chi connectivity index (χ1) is 8.91. The Hall–Kier alpha value is -2.30. The summed E-state index contributed by atoms with van der Waals surface area (Å²) in [7, 11) is 0. The highest BCUT2D eigenvalue weighted by Gasteiger charge is 2.24. The molecule has 2 unspecified atom stereocenters. The Morgan fingerprint density at radius 2 is 1.89 bits per heavy atom. The zero-order valence-electron chi connectivity index (χ0n) is 10.9. The average molecular weight is 263 g/mol. The Kier molecular flexibility index (Phi) is 5.11. The van der Waals surface area contributed by atoms with Crippen LogP contribution in [0.4, 0.5) is 4.79 Å². The summed E-state index contributed by atoms with van der Waals surface area (Å²) in [5.41, 5.74) is 1.04. The van der Waals surface area contributed by atoms with Crippen LogP contribution in [0.3, 0.4) is 0 Å². The molecule has 0 aliphatic rings. The van der Waals surface area contributed by atoms with E-state index in [1.807, 2.05) is 6.07 Å². The van der Waals surface area contributed by atoms with Crippen molar-refractivity contribution in [3.05, 3.63) is 48.0 Å². The van der Waals surface area contributed by atoms with Crippen LogP contribution in [0.1, 0.15) is 25.5 Å². The van der Waals surface area contributed by atoms with Crippen LogP contribution in [0.25, 0.3) is 0 Å². The second-order valence-corrected chi connectivity index (χ2v) is 4.26. The van der Waals surface area contributed by atoms with Crippen molar-refractivity contribution < 1.29 is 19.4 Å². The lowest BCUT2D eigenvalue weighted by Gasteiger charge is -2.24. The van der Waals surface area contributed by atoms with Crippen LogP contribution < -0.4 is 5.32 Å². The van der Waals surface area contributed by atoms with Gasteiger partial charge in [0.15, 0.2) is 6.10 Å². The molecule has 0 aromatic heterocycles. The van der Waals surface area contributed by atoms with Gasteiger partial charge in [0.2, 0.25) is 5.91 Å². The monoisotopic (exact) mass is 263 g/mol. The summed E-state index contributed by atoms with van der Waals surface area (Å²) < 4.78 is 4.85. The minimum atomic E-state index is -1.38. The maximum Gasteiger partial charge on any atom is 0.506 e. The van der Waals surface area contributed by atoms with Gasteiger partial charge in [-0.3, -0.25) is 4.79 Å². The van der Waals surface area contributed by atoms with Crippen molar-refractivity contribution in [2.24, 2.45) is 0 Å². The molecule has 1 rings (SSSR count). The summed E-state index contributed by atoms with van der Waals surface area (Å²) in [6.07, 6.45) is -2.15. The van der Waals surface area contributed by atoms with Gasteiger partial charge in [0.05, 0.1) is 6.04 Å². The number of carboxylic acid groups (broad SMARTS) is 1. The third kappa shape index (κ3) is 4.46. The van der Waals surface area contributed by atoms with Crippen molar-refractivity contribution >= 4 is 12.1 Å². The highest BCUT2D eigenvalue weighted by molar-refractivity contribution is 5.92. The molecule has 0 fully saturated rings. The number of rotatable bonds is 5. The van der Waals surface area contributed by atoms with Crippen LogP contribution in [-0.4, -0.2) is 23.2 Å². The van der Waals surface area contributed by atoms with E-state index in [0.717, 1.165) is 0 Å². The van der Waals surface area contributed by atoms with Crippen LogP contribution in [0.2, 0.25) is 0 Å². The molecular formula is C14H17NO4. The van der Waals surface area contributed by atoms with E-state index in [4.69, 9.17) is 9.84 Å². The summed E-state index contributed by atoms with van der Waals surface area (Å²) in [5, 5.41) is 11.4. The van der Waals surface area contributed by atoms with E-state index < -0.39 is 18.3 Å². The topological polar surface area (TPSA) is 75.6 Å². The molecule has 1 amide bonds. The van der Waals surface area contributed by atoms with Gasteiger partial charge in [-0.25, -0.2) is 4.79 Å². The number of ether oxygens (including phenoxy) is 1. The van der Waals surface area contributed by atoms with Gasteiger partial charge in [-0.05, 0) is 19.4 Å². The number of amides is 1. The summed E-state index contributed by atoms with van der Waals surface area (Å²) in [6, 6.07) is 8.37. The zero-order chi connectivity index (χ0) is 14.4. The molecule has 5 nitrogen and oxygen atoms in total. The van der Waals surface area contributed by atoms with Gasteiger partial charge in [0, 0.05) is 5.57 Å². The molecule has 1 aromatic carbocycles. The molecule has 0 bridgehead atoms. The summed E-state index contributed by atoms with van der Waals surface area (Å²) in [4.78, 5) is 22.3. The van der Waals surface area contributed by atoms with Gasteiger partial charge < -0.3 is 15.2 Å². The Balaban J connectivity index is 2.88. The fourth-order valence-corrected chi connectivity index (χ4v) is 1.62. The van der Waals surface area contributed by atoms with E-state index in [9.17, 15) is 9.59 Å². The number of hydrogen-bond acceptors (Lipinski definition) is 3. The lowest BCUT2D eigenvalue weighted by molar-refractivity contribution is -0.119. The molecule has 102 valence electrons. The smallest absolute Gasteiger partial charge is 0.450 e. The molecule has 0 aliphatic carbocycles. The van der Waals surface area contributed by atoms with Gasteiger partial charge in [-0.15, -0.1) is 0 Å². The first-order valence-corrected chi connectivity index (χ1v) is 5.82. The van der Waals surface area contributed by atoms with Crippen molar-refractivity contribution in [2.45, 2.75) is 26.0 Å². The first-order valence-electron chi connectivity index (χ1n) is 5.82. The van der Waals surface area contributed by atoms with Crippen molar-refractivity contribution in [1.82, 2.24) is 5.32 Å². The number of carbonyl (C=O) groups is 2. The number of hydrogen-bond donors (Lipinski definition) is 2. The molecule has 0 radical (unpaired) electrons. The maximum atomic E-state index is 11.6. The van der Waals surface area contributed by atoms with Crippen molar-refractivity contribution in [3.63, 3.8) is 0 Å². The lowest BCUT2D eigenvalue weighted by Crippen LogP contribution is -2.38. The lowest BCUT2D eigenvalue weighted by atomic mass is 10.0. The third-order valence-electron chi connectivity index (χ3n) is 2.56. The second kappa shape index (κ2) is 6.58. The van der Waals surface area contributed by atoms with E-state index in [2.05, 4.69) is 11.9 Å². The molecule has 1 aromatic rings. The molecule has 0 aliphatic heterocycles. The van der Waals surface area contributed by atoms with Crippen molar-refractivity contribution in [3.8, 4) is 0 Å². The molecule has 0 saturated carbocycles. The normalized spacial score (nSPS) is 13.2. The van der Waals surface area contributed by atoms with Gasteiger partial charge >= 0.3 is 6.16 Å². The largest absolute Gasteiger partial charge is 0.506 e. The fourth-order valence-electron chi connectivity index (χ4n) is 1.62. The van der Waals surface area contributed by atoms with E-state index >= 15 is 0 Å². The Labute approximate surface area is 111 Å². The molecule has 19 heavy (non-hydrogen) atoms. The minimum Gasteiger partial charge on any atom is -0.450 e. The molecule has 2 N–H and O–H groups in total. The minimum absolute atomic E-state index is 0.331.